The normalized spacial score (nSPS) is 16.1. The van der Waals surface area contributed by atoms with Gasteiger partial charge in [-0.15, -0.1) is 0 Å². The fraction of sp³-hybridized carbons (Fsp3) is 0.250. The van der Waals surface area contributed by atoms with Crippen LogP contribution in [-0.4, -0.2) is 0 Å². The molecular weight excluding hydrogens is 318 g/mol. The first-order chi connectivity index (χ1) is 12.9. The van der Waals surface area contributed by atoms with Crippen molar-refractivity contribution in [2.45, 2.75) is 38.5 Å². The van der Waals surface area contributed by atoms with Gasteiger partial charge in [-0.25, -0.2) is 0 Å². The summed E-state index contributed by atoms with van der Waals surface area (Å²) in [6.45, 7) is 1.47. The van der Waals surface area contributed by atoms with Gasteiger partial charge in [-0.2, -0.15) is 0 Å². The van der Waals surface area contributed by atoms with Crippen LogP contribution in [0.15, 0.2) is 78.9 Å². The fourth-order valence-electron chi connectivity index (χ4n) is 3.69. The smallest absolute Gasteiger partial charge is 0.120 e. The molecule has 0 aliphatic heterocycles. The zero-order valence-electron chi connectivity index (χ0n) is 15.0. The second-order valence-electron chi connectivity index (χ2n) is 6.95. The molecule has 132 valence electrons. The molecule has 0 radical (unpaired) electrons. The van der Waals surface area contributed by atoms with Gasteiger partial charge < -0.3 is 10.1 Å². The van der Waals surface area contributed by atoms with Gasteiger partial charge in [-0.3, -0.25) is 0 Å². The van der Waals surface area contributed by atoms with E-state index in [-0.39, 0.29) is 0 Å². The molecule has 1 N–H and O–H groups in total. The lowest BCUT2D eigenvalue weighted by Crippen LogP contribution is -2.24. The first kappa shape index (κ1) is 16.9. The lowest BCUT2D eigenvalue weighted by molar-refractivity contribution is 0.305. The third kappa shape index (κ3) is 4.14. The average molecular weight is 343 g/mol. The van der Waals surface area contributed by atoms with E-state index in [1.165, 1.54) is 41.5 Å². The average Bonchev–Trinajstić information content (AvgIpc) is 2.72. The molecule has 1 atom stereocenters. The predicted octanol–water partition coefficient (Wildman–Crippen LogP) is 5.43. The highest BCUT2D eigenvalue weighted by Crippen LogP contribution is 2.29. The quantitative estimate of drug-likeness (QED) is 0.644. The summed E-state index contributed by atoms with van der Waals surface area (Å²) in [4.78, 5) is 0. The zero-order chi connectivity index (χ0) is 17.6. The molecular formula is C24H25NO. The van der Waals surface area contributed by atoms with Gasteiger partial charge in [0, 0.05) is 12.6 Å². The van der Waals surface area contributed by atoms with Crippen LogP contribution in [0.1, 0.15) is 41.1 Å². The monoisotopic (exact) mass is 343 g/mol. The molecule has 2 nitrogen and oxygen atoms in total. The van der Waals surface area contributed by atoms with E-state index in [4.69, 9.17) is 4.74 Å². The molecule has 1 aliphatic rings. The highest BCUT2D eigenvalue weighted by atomic mass is 16.5. The molecule has 26 heavy (non-hydrogen) atoms. The van der Waals surface area contributed by atoms with Gasteiger partial charge in [-0.05, 0) is 53.6 Å². The minimum atomic E-state index is 0.453. The summed E-state index contributed by atoms with van der Waals surface area (Å²) in [5.41, 5.74) is 5.42. The highest BCUT2D eigenvalue weighted by Gasteiger charge is 2.18. The van der Waals surface area contributed by atoms with Crippen LogP contribution in [0.5, 0.6) is 5.75 Å². The van der Waals surface area contributed by atoms with E-state index in [1.807, 2.05) is 24.3 Å². The number of rotatable bonds is 6. The Morgan fingerprint density at radius 3 is 2.58 bits per heavy atom. The van der Waals surface area contributed by atoms with E-state index in [2.05, 4.69) is 59.9 Å². The van der Waals surface area contributed by atoms with Gasteiger partial charge in [0.1, 0.15) is 12.4 Å². The SMILES string of the molecule is c1ccc(COc2cccc(CN[C@H]3CCCc4ccccc43)c2)cc1. The van der Waals surface area contributed by atoms with E-state index in [0.717, 1.165) is 12.3 Å². The molecule has 0 bridgehead atoms. The summed E-state index contributed by atoms with van der Waals surface area (Å²) in [5, 5.41) is 3.74. The van der Waals surface area contributed by atoms with Crippen LogP contribution in [0.4, 0.5) is 0 Å². The zero-order valence-corrected chi connectivity index (χ0v) is 15.0. The lowest BCUT2D eigenvalue weighted by atomic mass is 9.87. The van der Waals surface area contributed by atoms with Crippen molar-refractivity contribution in [1.82, 2.24) is 5.32 Å². The minimum Gasteiger partial charge on any atom is -0.489 e. The molecule has 0 aromatic heterocycles. The lowest BCUT2D eigenvalue weighted by Gasteiger charge is -2.26. The topological polar surface area (TPSA) is 21.3 Å². The van der Waals surface area contributed by atoms with Crippen molar-refractivity contribution in [2.24, 2.45) is 0 Å². The van der Waals surface area contributed by atoms with Gasteiger partial charge in [0.05, 0.1) is 0 Å². The number of hydrogen-bond donors (Lipinski definition) is 1. The van der Waals surface area contributed by atoms with Crippen LogP contribution >= 0.6 is 0 Å². The fourth-order valence-corrected chi connectivity index (χ4v) is 3.69. The van der Waals surface area contributed by atoms with Crippen LogP contribution in [0, 0.1) is 0 Å². The summed E-state index contributed by atoms with van der Waals surface area (Å²) in [6, 6.07) is 28.0. The summed E-state index contributed by atoms with van der Waals surface area (Å²) < 4.78 is 5.95. The van der Waals surface area contributed by atoms with Crippen LogP contribution in [0.25, 0.3) is 0 Å². The predicted molar refractivity (Wildman–Crippen MR) is 106 cm³/mol. The van der Waals surface area contributed by atoms with Crippen molar-refractivity contribution >= 4 is 0 Å². The summed E-state index contributed by atoms with van der Waals surface area (Å²) in [6.07, 6.45) is 3.67. The third-order valence-electron chi connectivity index (χ3n) is 5.07. The van der Waals surface area contributed by atoms with Gasteiger partial charge >= 0.3 is 0 Å². The molecule has 0 fully saturated rings. The van der Waals surface area contributed by atoms with Gasteiger partial charge in [0.2, 0.25) is 0 Å². The molecule has 0 unspecified atom stereocenters. The second-order valence-corrected chi connectivity index (χ2v) is 6.95. The minimum absolute atomic E-state index is 0.453. The van der Waals surface area contributed by atoms with Crippen LogP contribution in [0.3, 0.4) is 0 Å². The second kappa shape index (κ2) is 8.20. The number of nitrogens with one attached hydrogen (secondary N) is 1. The number of fused-ring (bicyclic) bond motifs is 1. The molecule has 2 heteroatoms. The largest absolute Gasteiger partial charge is 0.489 e. The first-order valence-electron chi connectivity index (χ1n) is 9.45. The standard InChI is InChI=1S/C24H25NO/c1-2-8-19(9-3-1)18-26-22-13-6-10-20(16-22)17-25-24-15-7-12-21-11-4-5-14-23(21)24/h1-6,8-11,13-14,16,24-25H,7,12,15,17-18H2/t24-/m0/s1. The maximum absolute atomic E-state index is 5.95. The summed E-state index contributed by atoms with van der Waals surface area (Å²) in [7, 11) is 0. The van der Waals surface area contributed by atoms with Gasteiger partial charge in [-0.1, -0.05) is 66.7 Å². The first-order valence-corrected chi connectivity index (χ1v) is 9.45. The van der Waals surface area contributed by atoms with E-state index in [9.17, 15) is 0 Å². The molecule has 0 saturated heterocycles. The van der Waals surface area contributed by atoms with E-state index >= 15 is 0 Å². The van der Waals surface area contributed by atoms with Crippen molar-refractivity contribution in [3.63, 3.8) is 0 Å². The molecule has 4 rings (SSSR count). The van der Waals surface area contributed by atoms with E-state index in [1.54, 1.807) is 0 Å². The Balaban J connectivity index is 1.37. The number of ether oxygens (including phenoxy) is 1. The van der Waals surface area contributed by atoms with Crippen molar-refractivity contribution in [2.75, 3.05) is 0 Å². The Hall–Kier alpha value is -2.58. The highest BCUT2D eigenvalue weighted by molar-refractivity contribution is 5.33. The van der Waals surface area contributed by atoms with Gasteiger partial charge in [0.15, 0.2) is 0 Å². The molecule has 3 aromatic rings. The molecule has 0 heterocycles. The number of benzene rings is 3. The maximum Gasteiger partial charge on any atom is 0.120 e. The maximum atomic E-state index is 5.95. The summed E-state index contributed by atoms with van der Waals surface area (Å²) >= 11 is 0. The molecule has 0 amide bonds. The van der Waals surface area contributed by atoms with Crippen LogP contribution in [0.2, 0.25) is 0 Å². The number of aryl methyl sites for hydroxylation is 1. The van der Waals surface area contributed by atoms with E-state index < -0.39 is 0 Å². The Kier molecular flexibility index (Phi) is 5.32. The third-order valence-corrected chi connectivity index (χ3v) is 5.07. The van der Waals surface area contributed by atoms with Crippen molar-refractivity contribution in [1.29, 1.82) is 0 Å². The number of hydrogen-bond acceptors (Lipinski definition) is 2. The Bertz CT molecular complexity index is 844. The Morgan fingerprint density at radius 2 is 1.65 bits per heavy atom. The summed E-state index contributed by atoms with van der Waals surface area (Å²) in [5.74, 6) is 0.928. The molecule has 0 saturated carbocycles. The van der Waals surface area contributed by atoms with Crippen LogP contribution < -0.4 is 10.1 Å². The molecule has 1 aliphatic carbocycles. The van der Waals surface area contributed by atoms with Crippen molar-refractivity contribution in [3.8, 4) is 5.75 Å². The molecule has 0 spiro atoms. The molecule has 3 aromatic carbocycles. The van der Waals surface area contributed by atoms with E-state index in [0.29, 0.717) is 12.6 Å². The Labute approximate surface area is 155 Å². The Morgan fingerprint density at radius 1 is 0.846 bits per heavy atom. The van der Waals surface area contributed by atoms with Crippen molar-refractivity contribution < 1.29 is 4.74 Å². The van der Waals surface area contributed by atoms with Crippen molar-refractivity contribution in [3.05, 3.63) is 101 Å². The van der Waals surface area contributed by atoms with Crippen LogP contribution in [-0.2, 0) is 19.6 Å². The van der Waals surface area contributed by atoms with Gasteiger partial charge in [0.25, 0.3) is 0 Å².